The molecule has 0 fully saturated rings. The quantitative estimate of drug-likeness (QED) is 0.791. The van der Waals surface area contributed by atoms with E-state index in [2.05, 4.69) is 20.6 Å². The second kappa shape index (κ2) is 7.83. The van der Waals surface area contributed by atoms with E-state index in [0.29, 0.717) is 10.8 Å². The van der Waals surface area contributed by atoms with Gasteiger partial charge in [-0.15, -0.1) is 11.3 Å². The number of aromatic nitrogens is 1. The van der Waals surface area contributed by atoms with Crippen LogP contribution in [0.1, 0.15) is 11.3 Å². The molecule has 3 amide bonds. The van der Waals surface area contributed by atoms with Crippen molar-refractivity contribution < 1.29 is 14.4 Å². The normalized spacial score (nSPS) is 15.7. The summed E-state index contributed by atoms with van der Waals surface area (Å²) in [5, 5.41) is 7.42. The average Bonchev–Trinajstić information content (AvgIpc) is 3.01. The number of aliphatic imine (C=N–C) groups is 1. The molecule has 0 aliphatic carbocycles. The molecule has 7 nitrogen and oxygen atoms in total. The molecular weight excluding hydrogens is 352 g/mol. The Morgan fingerprint density at radius 3 is 2.88 bits per heavy atom. The lowest BCUT2D eigenvalue weighted by Gasteiger charge is -2.09. The van der Waals surface area contributed by atoms with Crippen LogP contribution in [-0.2, 0) is 20.8 Å². The summed E-state index contributed by atoms with van der Waals surface area (Å²) < 4.78 is 0. The molecule has 0 saturated carbocycles. The Balaban J connectivity index is 1.56. The van der Waals surface area contributed by atoms with E-state index in [1.807, 2.05) is 31.2 Å². The van der Waals surface area contributed by atoms with Crippen LogP contribution in [0.4, 0.5) is 10.8 Å². The van der Waals surface area contributed by atoms with E-state index < -0.39 is 17.7 Å². The number of amides is 3. The van der Waals surface area contributed by atoms with Crippen LogP contribution >= 0.6 is 11.3 Å². The lowest BCUT2D eigenvalue weighted by Crippen LogP contribution is -2.28. The third-order valence-electron chi connectivity index (χ3n) is 3.57. The Bertz CT molecular complexity index is 917. The van der Waals surface area contributed by atoms with Crippen molar-refractivity contribution >= 4 is 46.1 Å². The molecule has 1 aliphatic heterocycles. The van der Waals surface area contributed by atoms with Crippen LogP contribution in [0, 0.1) is 12.8 Å². The van der Waals surface area contributed by atoms with E-state index >= 15 is 0 Å². The number of dihydropyridines is 1. The molecule has 0 radical (unpaired) electrons. The van der Waals surface area contributed by atoms with E-state index in [4.69, 9.17) is 0 Å². The number of hydrogen-bond donors (Lipinski definition) is 2. The summed E-state index contributed by atoms with van der Waals surface area (Å²) in [6, 6.07) is 7.51. The summed E-state index contributed by atoms with van der Waals surface area (Å²) in [7, 11) is 0. The van der Waals surface area contributed by atoms with Gasteiger partial charge in [0.25, 0.3) is 5.91 Å². The van der Waals surface area contributed by atoms with Gasteiger partial charge in [-0.05, 0) is 30.7 Å². The van der Waals surface area contributed by atoms with Crippen molar-refractivity contribution in [2.75, 3.05) is 10.6 Å². The van der Waals surface area contributed by atoms with Crippen LogP contribution in [-0.4, -0.2) is 28.9 Å². The zero-order valence-electron chi connectivity index (χ0n) is 13.9. The second-order valence-electron chi connectivity index (χ2n) is 5.71. The van der Waals surface area contributed by atoms with Crippen molar-refractivity contribution in [2.24, 2.45) is 10.9 Å². The molecule has 26 heavy (non-hydrogen) atoms. The van der Waals surface area contributed by atoms with E-state index in [1.54, 1.807) is 11.5 Å². The molecular formula is C18H16N4O3S. The fourth-order valence-corrected chi connectivity index (χ4v) is 3.07. The largest absolute Gasteiger partial charge is 0.326 e. The number of allylic oxidation sites excluding steroid dienone is 1. The van der Waals surface area contributed by atoms with Crippen molar-refractivity contribution in [3.05, 3.63) is 53.1 Å². The Kier molecular flexibility index (Phi) is 5.33. The number of hydrogen-bond acceptors (Lipinski definition) is 5. The summed E-state index contributed by atoms with van der Waals surface area (Å²) in [4.78, 5) is 43.6. The SMILES string of the molecule is Cc1cccc(NC(=O)Cc2csc(NC(=O)C3C=CC=NC3=O)n2)c1. The Hall–Kier alpha value is -3.13. The fourth-order valence-electron chi connectivity index (χ4n) is 2.36. The summed E-state index contributed by atoms with van der Waals surface area (Å²) in [6.07, 6.45) is 4.47. The number of nitrogens with zero attached hydrogens (tertiary/aromatic N) is 2. The highest BCUT2D eigenvalue weighted by molar-refractivity contribution is 7.14. The van der Waals surface area contributed by atoms with E-state index in [-0.39, 0.29) is 12.3 Å². The number of benzene rings is 1. The van der Waals surface area contributed by atoms with Gasteiger partial charge >= 0.3 is 0 Å². The minimum atomic E-state index is -0.947. The first-order valence-corrected chi connectivity index (χ1v) is 8.76. The van der Waals surface area contributed by atoms with Crippen LogP contribution < -0.4 is 10.6 Å². The van der Waals surface area contributed by atoms with Gasteiger partial charge in [0, 0.05) is 17.3 Å². The maximum atomic E-state index is 12.1. The number of anilines is 2. The lowest BCUT2D eigenvalue weighted by molar-refractivity contribution is -0.128. The lowest BCUT2D eigenvalue weighted by atomic mass is 10.1. The average molecular weight is 368 g/mol. The number of carbonyl (C=O) groups excluding carboxylic acids is 3. The zero-order chi connectivity index (χ0) is 18.5. The van der Waals surface area contributed by atoms with Crippen molar-refractivity contribution in [1.29, 1.82) is 0 Å². The van der Waals surface area contributed by atoms with Crippen LogP contribution in [0.3, 0.4) is 0 Å². The van der Waals surface area contributed by atoms with Gasteiger partial charge in [0.1, 0.15) is 5.92 Å². The standard InChI is InChI=1S/C18H16N4O3S/c1-11-4-2-5-12(8-11)20-15(23)9-13-10-26-18(21-13)22-17(25)14-6-3-7-19-16(14)24/h2-8,10,14H,9H2,1H3,(H,20,23)(H,21,22,25). The second-order valence-corrected chi connectivity index (χ2v) is 6.56. The summed E-state index contributed by atoms with van der Waals surface area (Å²) in [5.74, 6) is -2.15. The molecule has 0 bridgehead atoms. The van der Waals surface area contributed by atoms with Gasteiger partial charge < -0.3 is 10.6 Å². The molecule has 3 rings (SSSR count). The molecule has 2 N–H and O–H groups in total. The number of carbonyl (C=O) groups is 3. The van der Waals surface area contributed by atoms with Gasteiger partial charge in [-0.1, -0.05) is 18.2 Å². The molecule has 132 valence electrons. The summed E-state index contributed by atoms with van der Waals surface area (Å²) >= 11 is 1.20. The third kappa shape index (κ3) is 4.48. The number of thiazole rings is 1. The topological polar surface area (TPSA) is 101 Å². The van der Waals surface area contributed by atoms with Crippen LogP contribution in [0.25, 0.3) is 0 Å². The van der Waals surface area contributed by atoms with Gasteiger partial charge in [0.2, 0.25) is 11.8 Å². The maximum absolute atomic E-state index is 12.1. The first kappa shape index (κ1) is 17.7. The predicted octanol–water partition coefficient (Wildman–Crippen LogP) is 2.35. The van der Waals surface area contributed by atoms with Gasteiger partial charge in [-0.2, -0.15) is 0 Å². The van der Waals surface area contributed by atoms with E-state index in [9.17, 15) is 14.4 Å². The van der Waals surface area contributed by atoms with Gasteiger partial charge in [0.15, 0.2) is 5.13 Å². The highest BCUT2D eigenvalue weighted by atomic mass is 32.1. The Morgan fingerprint density at radius 1 is 1.27 bits per heavy atom. The molecule has 1 atom stereocenters. The van der Waals surface area contributed by atoms with E-state index in [1.165, 1.54) is 23.6 Å². The predicted molar refractivity (Wildman–Crippen MR) is 100 cm³/mol. The van der Waals surface area contributed by atoms with Crippen molar-refractivity contribution in [3.63, 3.8) is 0 Å². The van der Waals surface area contributed by atoms with Crippen molar-refractivity contribution in [3.8, 4) is 0 Å². The first-order chi connectivity index (χ1) is 12.5. The summed E-state index contributed by atoms with van der Waals surface area (Å²) in [6.45, 7) is 1.95. The molecule has 8 heteroatoms. The minimum Gasteiger partial charge on any atom is -0.326 e. The van der Waals surface area contributed by atoms with Crippen LogP contribution in [0.5, 0.6) is 0 Å². The molecule has 0 saturated heterocycles. The Morgan fingerprint density at radius 2 is 2.12 bits per heavy atom. The molecule has 1 unspecified atom stereocenters. The van der Waals surface area contributed by atoms with Crippen molar-refractivity contribution in [1.82, 2.24) is 4.98 Å². The molecule has 0 spiro atoms. The van der Waals surface area contributed by atoms with Crippen molar-refractivity contribution in [2.45, 2.75) is 13.3 Å². The highest BCUT2D eigenvalue weighted by Gasteiger charge is 2.25. The number of rotatable bonds is 5. The maximum Gasteiger partial charge on any atom is 0.262 e. The van der Waals surface area contributed by atoms with Gasteiger partial charge in [-0.25, -0.2) is 9.98 Å². The van der Waals surface area contributed by atoms with E-state index in [0.717, 1.165) is 11.3 Å². The van der Waals surface area contributed by atoms with Crippen LogP contribution in [0.15, 0.2) is 46.8 Å². The first-order valence-electron chi connectivity index (χ1n) is 7.88. The number of nitrogens with one attached hydrogen (secondary N) is 2. The van der Waals surface area contributed by atoms with Gasteiger partial charge in [0.05, 0.1) is 12.1 Å². The fraction of sp³-hybridized carbons (Fsp3) is 0.167. The Labute approximate surface area is 153 Å². The minimum absolute atomic E-state index is 0.0901. The zero-order valence-corrected chi connectivity index (χ0v) is 14.7. The molecule has 2 heterocycles. The van der Waals surface area contributed by atoms with Crippen LogP contribution in [0.2, 0.25) is 0 Å². The third-order valence-corrected chi connectivity index (χ3v) is 4.37. The molecule has 1 aromatic heterocycles. The monoisotopic (exact) mass is 368 g/mol. The smallest absolute Gasteiger partial charge is 0.262 e. The molecule has 1 aromatic carbocycles. The number of aryl methyl sites for hydroxylation is 1. The van der Waals surface area contributed by atoms with Gasteiger partial charge in [-0.3, -0.25) is 14.4 Å². The summed E-state index contributed by atoms with van der Waals surface area (Å²) in [5.41, 5.74) is 2.32. The highest BCUT2D eigenvalue weighted by Crippen LogP contribution is 2.18. The molecule has 1 aliphatic rings. The molecule has 2 aromatic rings.